The zero-order chi connectivity index (χ0) is 41.7. The van der Waals surface area contributed by atoms with Gasteiger partial charge in [-0.1, -0.05) is 84.8 Å². The molecule has 11 heteroatoms. The highest BCUT2D eigenvalue weighted by atomic mass is 16.6. The van der Waals surface area contributed by atoms with Gasteiger partial charge in [0, 0.05) is 11.8 Å². The van der Waals surface area contributed by atoms with Crippen molar-refractivity contribution in [1.29, 1.82) is 0 Å². The number of carboxylic acid groups (broad SMARTS) is 2. The Bertz CT molecular complexity index is 1520. The lowest BCUT2D eigenvalue weighted by atomic mass is 9.36. The van der Waals surface area contributed by atoms with Gasteiger partial charge in [-0.3, -0.25) is 28.8 Å². The lowest BCUT2D eigenvalue weighted by molar-refractivity contribution is -0.240. The maximum absolute atomic E-state index is 14.1. The number of cyclic esters (lactones) is 4. The molecule has 5 rings (SSSR count). The van der Waals surface area contributed by atoms with Crippen molar-refractivity contribution >= 4 is 35.8 Å². The minimum atomic E-state index is -0.890. The third-order valence-electron chi connectivity index (χ3n) is 15.7. The number of unbranched alkanes of at least 4 members (excludes halogenated alkanes) is 6. The molecular formula is C46H70O11. The molecule has 5 fully saturated rings. The molecule has 0 aromatic heterocycles. The molecular weight excluding hydrogens is 728 g/mol. The quantitative estimate of drug-likeness (QED) is 0.0491. The number of esters is 4. The lowest BCUT2D eigenvalue weighted by Gasteiger charge is -2.68. The molecule has 2 N–H and O–H groups in total. The van der Waals surface area contributed by atoms with Gasteiger partial charge in [0.25, 0.3) is 0 Å². The van der Waals surface area contributed by atoms with E-state index >= 15 is 0 Å². The van der Waals surface area contributed by atoms with Crippen LogP contribution in [0, 0.1) is 63.6 Å². The number of hydrogen-bond donors (Lipinski definition) is 2. The maximum atomic E-state index is 14.1. The second kappa shape index (κ2) is 18.9. The number of carbonyl (C=O) groups excluding carboxylic acids is 4. The maximum Gasteiger partial charge on any atom is 0.318 e. The van der Waals surface area contributed by atoms with E-state index in [-0.39, 0.29) is 48.5 Å². The molecule has 0 bridgehead atoms. The van der Waals surface area contributed by atoms with Crippen LogP contribution in [0.2, 0.25) is 0 Å². The molecule has 2 saturated heterocycles. The van der Waals surface area contributed by atoms with E-state index in [0.717, 1.165) is 64.2 Å². The molecule has 2 aliphatic heterocycles. The highest BCUT2D eigenvalue weighted by Gasteiger charge is 2.73. The topological polar surface area (TPSA) is 171 Å². The van der Waals surface area contributed by atoms with Crippen molar-refractivity contribution in [3.8, 4) is 0 Å². The van der Waals surface area contributed by atoms with Crippen LogP contribution in [0.4, 0.5) is 0 Å². The monoisotopic (exact) mass is 798 g/mol. The number of rotatable bonds is 21. The minimum absolute atomic E-state index is 0.0554. The van der Waals surface area contributed by atoms with Crippen molar-refractivity contribution in [2.45, 2.75) is 176 Å². The van der Waals surface area contributed by atoms with Crippen LogP contribution in [0.5, 0.6) is 0 Å². The summed E-state index contributed by atoms with van der Waals surface area (Å²) in [4.78, 5) is 76.7. The van der Waals surface area contributed by atoms with Crippen LogP contribution in [0.25, 0.3) is 0 Å². The number of hydrogen-bond acceptors (Lipinski definition) is 9. The van der Waals surface area contributed by atoms with E-state index in [4.69, 9.17) is 19.3 Å². The predicted octanol–water partition coefficient (Wildman–Crippen LogP) is 9.09. The number of ether oxygens (including phenoxy) is 3. The molecule has 0 spiro atoms. The third kappa shape index (κ3) is 9.23. The molecule has 57 heavy (non-hydrogen) atoms. The molecule has 0 aromatic carbocycles. The van der Waals surface area contributed by atoms with Crippen LogP contribution in [0.1, 0.15) is 164 Å². The van der Waals surface area contributed by atoms with Gasteiger partial charge in [-0.25, -0.2) is 0 Å². The van der Waals surface area contributed by atoms with E-state index < -0.39 is 75.9 Å². The Kier molecular flexibility index (Phi) is 14.9. The van der Waals surface area contributed by atoms with E-state index in [9.17, 15) is 33.9 Å². The van der Waals surface area contributed by atoms with Gasteiger partial charge in [-0.05, 0) is 113 Å². The first-order chi connectivity index (χ1) is 27.0. The summed E-state index contributed by atoms with van der Waals surface area (Å²) < 4.78 is 17.9. The summed E-state index contributed by atoms with van der Waals surface area (Å²) >= 11 is 0. The Hall–Kier alpha value is -3.08. The van der Waals surface area contributed by atoms with E-state index in [0.29, 0.717) is 44.9 Å². The van der Waals surface area contributed by atoms with Crippen molar-refractivity contribution in [3.63, 3.8) is 0 Å². The summed E-state index contributed by atoms with van der Waals surface area (Å²) in [6.45, 7) is 12.5. The van der Waals surface area contributed by atoms with Gasteiger partial charge in [0.1, 0.15) is 0 Å². The first kappa shape index (κ1) is 45.0. The first-order valence-corrected chi connectivity index (χ1v) is 22.3. The van der Waals surface area contributed by atoms with Crippen molar-refractivity contribution in [3.05, 3.63) is 12.2 Å². The molecule has 0 radical (unpaired) electrons. The molecule has 5 aliphatic rings. The highest BCUT2D eigenvalue weighted by molar-refractivity contribution is 5.97. The van der Waals surface area contributed by atoms with Crippen molar-refractivity contribution in [2.24, 2.45) is 63.6 Å². The summed E-state index contributed by atoms with van der Waals surface area (Å²) in [5.41, 5.74) is -2.03. The van der Waals surface area contributed by atoms with E-state index in [2.05, 4.69) is 46.8 Å². The van der Waals surface area contributed by atoms with Crippen LogP contribution in [0.3, 0.4) is 0 Å². The largest absolute Gasteiger partial charge is 0.481 e. The number of fused-ring (bicyclic) bond motifs is 5. The van der Waals surface area contributed by atoms with Gasteiger partial charge in [0.15, 0.2) is 0 Å². The van der Waals surface area contributed by atoms with Gasteiger partial charge in [-0.15, -0.1) is 0 Å². The van der Waals surface area contributed by atoms with Gasteiger partial charge < -0.3 is 24.4 Å². The number of allylic oxidation sites excluding steroid dienone is 2. The molecule has 320 valence electrons. The first-order valence-electron chi connectivity index (χ1n) is 22.3. The fourth-order valence-electron chi connectivity index (χ4n) is 12.7. The van der Waals surface area contributed by atoms with Crippen LogP contribution < -0.4 is 0 Å². The van der Waals surface area contributed by atoms with Crippen LogP contribution >= 0.6 is 0 Å². The molecule has 3 aliphatic carbocycles. The van der Waals surface area contributed by atoms with Crippen LogP contribution in [-0.4, -0.2) is 58.2 Å². The summed E-state index contributed by atoms with van der Waals surface area (Å²) in [6.07, 6.45) is 16.9. The van der Waals surface area contributed by atoms with Gasteiger partial charge in [0.05, 0.1) is 41.8 Å². The molecule has 3 saturated carbocycles. The average molecular weight is 799 g/mol. The zero-order valence-electron chi connectivity index (χ0n) is 35.4. The van der Waals surface area contributed by atoms with Crippen molar-refractivity contribution in [1.82, 2.24) is 0 Å². The Labute approximate surface area is 339 Å². The van der Waals surface area contributed by atoms with Crippen LogP contribution in [0.15, 0.2) is 12.2 Å². The van der Waals surface area contributed by atoms with E-state index in [1.165, 1.54) is 0 Å². The number of carbonyl (C=O) groups is 6. The normalized spacial score (nSPS) is 35.4. The van der Waals surface area contributed by atoms with Crippen molar-refractivity contribution < 1.29 is 53.2 Å². The number of carboxylic acids is 2. The van der Waals surface area contributed by atoms with Gasteiger partial charge in [-0.2, -0.15) is 0 Å². The Morgan fingerprint density at radius 2 is 1.56 bits per heavy atom. The predicted molar refractivity (Wildman–Crippen MR) is 212 cm³/mol. The molecule has 12 unspecified atom stereocenters. The van der Waals surface area contributed by atoms with Gasteiger partial charge in [0.2, 0.25) is 0 Å². The van der Waals surface area contributed by atoms with Crippen LogP contribution in [-0.2, 0) is 43.0 Å². The summed E-state index contributed by atoms with van der Waals surface area (Å²) in [5, 5.41) is 19.7. The minimum Gasteiger partial charge on any atom is -0.481 e. The average Bonchev–Trinajstić information content (AvgIpc) is 3.65. The fraction of sp³-hybridized carbons (Fsp3) is 0.826. The number of aliphatic carboxylic acids is 2. The Morgan fingerprint density at radius 1 is 0.860 bits per heavy atom. The van der Waals surface area contributed by atoms with E-state index in [1.807, 2.05) is 6.92 Å². The SMILES string of the molecule is CCC/C=C/C(CCC(CCCCCCCCC(=O)O)OC(C)C12CCC3C(C)(C(=O)O)CCCC3(C)C1CC(C(C)C)C1C(=O)OC(=O)C12)C1CC(=O)OC1=O. The summed E-state index contributed by atoms with van der Waals surface area (Å²) in [7, 11) is 0. The van der Waals surface area contributed by atoms with E-state index in [1.54, 1.807) is 0 Å². The molecule has 0 amide bonds. The third-order valence-corrected chi connectivity index (χ3v) is 15.7. The summed E-state index contributed by atoms with van der Waals surface area (Å²) in [6, 6.07) is 0. The fourth-order valence-corrected chi connectivity index (χ4v) is 12.7. The molecule has 11 nitrogen and oxygen atoms in total. The second-order valence-corrected chi connectivity index (χ2v) is 19.2. The Balaban J connectivity index is 1.46. The molecule has 2 heterocycles. The lowest BCUT2D eigenvalue weighted by Crippen LogP contribution is -2.67. The standard InChI is InChI=1S/C46H70O11/c1-7-8-13-17-30(33-27-37(49)56-40(33)50)20-21-31(18-14-11-9-10-12-15-19-36(47)48)55-29(4)46-25-22-34-44(5,23-16-24-45(34,6)43(53)54)35(46)26-32(28(2)3)38-39(46)42(52)57-41(38)51/h13,17,28-35,38-39H,7-12,14-16,18-27H2,1-6H3,(H,47,48)(H,53,54)/b17-13+. The highest BCUT2D eigenvalue weighted by Crippen LogP contribution is 2.72. The molecule has 12 atom stereocenters. The summed E-state index contributed by atoms with van der Waals surface area (Å²) in [5.74, 6) is -5.56. The zero-order valence-corrected chi connectivity index (χ0v) is 35.4. The van der Waals surface area contributed by atoms with Crippen molar-refractivity contribution in [2.75, 3.05) is 0 Å². The second-order valence-electron chi connectivity index (χ2n) is 19.2. The molecule has 0 aromatic rings. The Morgan fingerprint density at radius 3 is 2.19 bits per heavy atom. The van der Waals surface area contributed by atoms with Gasteiger partial charge >= 0.3 is 35.8 Å². The smallest absolute Gasteiger partial charge is 0.318 e.